The fraction of sp³-hybridized carbons (Fsp3) is 0.500. The Kier molecular flexibility index (Phi) is 5.50. The summed E-state index contributed by atoms with van der Waals surface area (Å²) < 4.78 is 7.73. The highest BCUT2D eigenvalue weighted by Crippen LogP contribution is 2.28. The molecule has 1 saturated heterocycles. The Bertz CT molecular complexity index is 976. The van der Waals surface area contributed by atoms with Crippen LogP contribution in [-0.4, -0.2) is 44.8 Å². The zero-order valence-corrected chi connectivity index (χ0v) is 17.1. The monoisotopic (exact) mass is 407 g/mol. The van der Waals surface area contributed by atoms with Crippen molar-refractivity contribution in [2.24, 2.45) is 5.73 Å². The molecule has 1 aliphatic heterocycles. The van der Waals surface area contributed by atoms with Crippen LogP contribution in [0.1, 0.15) is 43.7 Å². The standard InChI is InChI=1S/C22H29N7O/c23-16-6-8-17(9-7-16)26-22-27-20(24-12-15-4-2-1-3-5-15)19-21(28-22)29(14-25-19)18-10-11-30-13-18/h1-5,14,16-18H,6-13,23H2,(H2,24,26,27,28). The number of aromatic nitrogens is 4. The van der Waals surface area contributed by atoms with Crippen LogP contribution in [0.25, 0.3) is 11.2 Å². The number of anilines is 2. The van der Waals surface area contributed by atoms with Crippen molar-refractivity contribution < 1.29 is 4.74 Å². The summed E-state index contributed by atoms with van der Waals surface area (Å²) in [5.74, 6) is 1.41. The maximum Gasteiger partial charge on any atom is 0.227 e. The molecule has 2 aromatic heterocycles. The summed E-state index contributed by atoms with van der Waals surface area (Å²) in [4.78, 5) is 14.3. The predicted octanol–water partition coefficient (Wildman–Crippen LogP) is 3.08. The number of hydrogen-bond donors (Lipinski definition) is 3. The largest absolute Gasteiger partial charge is 0.379 e. The van der Waals surface area contributed by atoms with Crippen LogP contribution in [0.5, 0.6) is 0 Å². The summed E-state index contributed by atoms with van der Waals surface area (Å²) in [6.45, 7) is 2.16. The number of hydrogen-bond acceptors (Lipinski definition) is 7. The molecule has 5 rings (SSSR count). The molecule has 1 aromatic carbocycles. The molecule has 0 bridgehead atoms. The number of nitrogens with zero attached hydrogens (tertiary/aromatic N) is 4. The molecular formula is C22H29N7O. The van der Waals surface area contributed by atoms with Crippen LogP contribution in [0.15, 0.2) is 36.7 Å². The van der Waals surface area contributed by atoms with Gasteiger partial charge in [0.2, 0.25) is 5.95 Å². The van der Waals surface area contributed by atoms with E-state index in [2.05, 4.69) is 32.3 Å². The number of ether oxygens (including phenoxy) is 1. The van der Waals surface area contributed by atoms with Gasteiger partial charge in [-0.2, -0.15) is 9.97 Å². The van der Waals surface area contributed by atoms with Crippen molar-refractivity contribution >= 4 is 22.9 Å². The molecule has 0 amide bonds. The van der Waals surface area contributed by atoms with E-state index < -0.39 is 0 Å². The number of rotatable bonds is 6. The van der Waals surface area contributed by atoms with Crippen molar-refractivity contribution in [1.82, 2.24) is 19.5 Å². The van der Waals surface area contributed by atoms with Gasteiger partial charge in [0.25, 0.3) is 0 Å². The second-order valence-electron chi connectivity index (χ2n) is 8.33. The van der Waals surface area contributed by atoms with E-state index in [1.807, 2.05) is 24.5 Å². The lowest BCUT2D eigenvalue weighted by atomic mass is 9.92. The third kappa shape index (κ3) is 4.11. The van der Waals surface area contributed by atoms with E-state index in [1.54, 1.807) is 0 Å². The first-order chi connectivity index (χ1) is 14.8. The van der Waals surface area contributed by atoms with Crippen LogP contribution in [-0.2, 0) is 11.3 Å². The minimum absolute atomic E-state index is 0.271. The van der Waals surface area contributed by atoms with Gasteiger partial charge < -0.3 is 25.7 Å². The van der Waals surface area contributed by atoms with E-state index in [9.17, 15) is 0 Å². The summed E-state index contributed by atoms with van der Waals surface area (Å²) in [5.41, 5.74) is 8.92. The van der Waals surface area contributed by atoms with Gasteiger partial charge in [0.05, 0.1) is 19.0 Å². The van der Waals surface area contributed by atoms with Crippen LogP contribution in [0.3, 0.4) is 0 Å². The van der Waals surface area contributed by atoms with Crippen LogP contribution < -0.4 is 16.4 Å². The molecule has 1 aliphatic carbocycles. The van der Waals surface area contributed by atoms with Gasteiger partial charge in [0.15, 0.2) is 17.0 Å². The summed E-state index contributed by atoms with van der Waals surface area (Å²) >= 11 is 0. The van der Waals surface area contributed by atoms with E-state index in [1.165, 1.54) is 5.56 Å². The van der Waals surface area contributed by atoms with E-state index in [0.29, 0.717) is 31.2 Å². The zero-order chi connectivity index (χ0) is 20.3. The number of benzene rings is 1. The molecule has 8 nitrogen and oxygen atoms in total. The van der Waals surface area contributed by atoms with Crippen molar-refractivity contribution in [3.8, 4) is 0 Å². The third-order valence-electron chi connectivity index (χ3n) is 6.13. The van der Waals surface area contributed by atoms with Crippen LogP contribution in [0.2, 0.25) is 0 Å². The SMILES string of the molecule is NC1CCC(Nc2nc(NCc3ccccc3)c3ncn(C4CCOC4)c3n2)CC1. The highest BCUT2D eigenvalue weighted by molar-refractivity contribution is 5.84. The summed E-state index contributed by atoms with van der Waals surface area (Å²) in [7, 11) is 0. The van der Waals surface area contributed by atoms with Crippen LogP contribution >= 0.6 is 0 Å². The first-order valence-electron chi connectivity index (χ1n) is 10.9. The van der Waals surface area contributed by atoms with Crippen molar-refractivity contribution in [3.05, 3.63) is 42.2 Å². The number of nitrogens with one attached hydrogen (secondary N) is 2. The number of nitrogens with two attached hydrogens (primary N) is 1. The highest BCUT2D eigenvalue weighted by atomic mass is 16.5. The molecule has 3 heterocycles. The molecular weight excluding hydrogens is 378 g/mol. The van der Waals surface area contributed by atoms with Gasteiger partial charge in [0, 0.05) is 25.2 Å². The van der Waals surface area contributed by atoms with Gasteiger partial charge in [-0.15, -0.1) is 0 Å². The fourth-order valence-electron chi connectivity index (χ4n) is 4.34. The Morgan fingerprint density at radius 2 is 1.90 bits per heavy atom. The van der Waals surface area contributed by atoms with Gasteiger partial charge in [-0.25, -0.2) is 4.98 Å². The maximum atomic E-state index is 6.07. The van der Waals surface area contributed by atoms with E-state index >= 15 is 0 Å². The maximum absolute atomic E-state index is 6.07. The second-order valence-corrected chi connectivity index (χ2v) is 8.33. The topological polar surface area (TPSA) is 103 Å². The number of imidazole rings is 1. The van der Waals surface area contributed by atoms with Gasteiger partial charge in [0.1, 0.15) is 0 Å². The summed E-state index contributed by atoms with van der Waals surface area (Å²) in [6, 6.07) is 11.3. The molecule has 30 heavy (non-hydrogen) atoms. The molecule has 1 unspecified atom stereocenters. The smallest absolute Gasteiger partial charge is 0.227 e. The highest BCUT2D eigenvalue weighted by Gasteiger charge is 2.24. The van der Waals surface area contributed by atoms with Crippen molar-refractivity contribution in [2.45, 2.75) is 56.8 Å². The fourth-order valence-corrected chi connectivity index (χ4v) is 4.34. The molecule has 158 valence electrons. The molecule has 1 saturated carbocycles. The van der Waals surface area contributed by atoms with Crippen molar-refractivity contribution in [2.75, 3.05) is 23.8 Å². The minimum Gasteiger partial charge on any atom is -0.379 e. The Hall–Kier alpha value is -2.71. The van der Waals surface area contributed by atoms with Gasteiger partial charge >= 0.3 is 0 Å². The van der Waals surface area contributed by atoms with E-state index in [4.69, 9.17) is 20.4 Å². The van der Waals surface area contributed by atoms with Gasteiger partial charge in [-0.3, -0.25) is 0 Å². The molecule has 3 aromatic rings. The Morgan fingerprint density at radius 1 is 1.07 bits per heavy atom. The lowest BCUT2D eigenvalue weighted by Crippen LogP contribution is -2.33. The zero-order valence-electron chi connectivity index (χ0n) is 17.1. The second kappa shape index (κ2) is 8.57. The summed E-state index contributed by atoms with van der Waals surface area (Å²) in [5, 5.41) is 7.02. The lowest BCUT2D eigenvalue weighted by molar-refractivity contribution is 0.187. The molecule has 1 atom stereocenters. The van der Waals surface area contributed by atoms with Crippen LogP contribution in [0, 0.1) is 0 Å². The van der Waals surface area contributed by atoms with Crippen molar-refractivity contribution in [3.63, 3.8) is 0 Å². The minimum atomic E-state index is 0.271. The average molecular weight is 408 g/mol. The first-order valence-corrected chi connectivity index (χ1v) is 10.9. The number of fused-ring (bicyclic) bond motifs is 1. The molecule has 0 spiro atoms. The van der Waals surface area contributed by atoms with Crippen molar-refractivity contribution in [1.29, 1.82) is 0 Å². The normalized spacial score (nSPS) is 24.2. The third-order valence-corrected chi connectivity index (χ3v) is 6.13. The molecule has 4 N–H and O–H groups in total. The average Bonchev–Trinajstić information content (AvgIpc) is 3.44. The molecule has 8 heteroatoms. The lowest BCUT2D eigenvalue weighted by Gasteiger charge is -2.27. The van der Waals surface area contributed by atoms with Gasteiger partial charge in [-0.05, 0) is 37.7 Å². The molecule has 2 fully saturated rings. The van der Waals surface area contributed by atoms with Crippen LogP contribution in [0.4, 0.5) is 11.8 Å². The van der Waals surface area contributed by atoms with Gasteiger partial charge in [-0.1, -0.05) is 30.3 Å². The summed E-state index contributed by atoms with van der Waals surface area (Å²) in [6.07, 6.45) is 7.02. The Labute approximate surface area is 176 Å². The predicted molar refractivity (Wildman–Crippen MR) is 117 cm³/mol. The first kappa shape index (κ1) is 19.3. The quantitative estimate of drug-likeness (QED) is 0.577. The Morgan fingerprint density at radius 3 is 2.67 bits per heavy atom. The molecule has 0 radical (unpaired) electrons. The Balaban J connectivity index is 1.45. The van der Waals surface area contributed by atoms with E-state index in [-0.39, 0.29) is 6.04 Å². The van der Waals surface area contributed by atoms with E-state index in [0.717, 1.165) is 55.7 Å². The molecule has 2 aliphatic rings.